The maximum atomic E-state index is 13.2. The van der Waals surface area contributed by atoms with Crippen molar-refractivity contribution in [3.05, 3.63) is 70.7 Å². The van der Waals surface area contributed by atoms with Gasteiger partial charge >= 0.3 is 24.3 Å². The van der Waals surface area contributed by atoms with Gasteiger partial charge in [-0.1, -0.05) is 54.1 Å². The molecule has 0 aliphatic carbocycles. The number of nitrogens with zero attached hydrogens (tertiary/aromatic N) is 3. The first-order valence-electron chi connectivity index (χ1n) is 13.5. The summed E-state index contributed by atoms with van der Waals surface area (Å²) in [5.41, 5.74) is 2.17. The summed E-state index contributed by atoms with van der Waals surface area (Å²) in [6.45, 7) is 4.99. The van der Waals surface area contributed by atoms with Crippen molar-refractivity contribution in [3.8, 4) is 0 Å². The smallest absolute Gasteiger partial charge is 0.475 e. The van der Waals surface area contributed by atoms with E-state index in [9.17, 15) is 31.1 Å². The molecule has 1 atom stereocenters. The number of morpholine rings is 1. The average molecular weight is 670 g/mol. The Kier molecular flexibility index (Phi) is 13.6. The molecule has 1 amide bonds. The van der Waals surface area contributed by atoms with Crippen LogP contribution < -0.4 is 0 Å². The predicted octanol–water partition coefficient (Wildman–Crippen LogP) is 4.93. The van der Waals surface area contributed by atoms with Crippen LogP contribution in [0.4, 0.5) is 26.3 Å². The average Bonchev–Trinajstić information content (AvgIpc) is 2.95. The van der Waals surface area contributed by atoms with Crippen LogP contribution >= 0.6 is 11.6 Å². The van der Waals surface area contributed by atoms with Crippen LogP contribution in [0.2, 0.25) is 5.02 Å². The van der Waals surface area contributed by atoms with E-state index in [0.29, 0.717) is 13.1 Å². The van der Waals surface area contributed by atoms with Gasteiger partial charge in [0.15, 0.2) is 0 Å². The molecular formula is C29H34ClF6N3O6. The summed E-state index contributed by atoms with van der Waals surface area (Å²) in [6, 6.07) is 18.2. The first-order valence-corrected chi connectivity index (χ1v) is 13.9. The summed E-state index contributed by atoms with van der Waals surface area (Å²) < 4.78 is 70.0. The van der Waals surface area contributed by atoms with E-state index in [1.165, 1.54) is 5.56 Å². The van der Waals surface area contributed by atoms with E-state index < -0.39 is 30.4 Å². The number of carboxylic acids is 2. The number of halogens is 7. The molecule has 0 radical (unpaired) electrons. The largest absolute Gasteiger partial charge is 0.490 e. The minimum absolute atomic E-state index is 0.0679. The van der Waals surface area contributed by atoms with E-state index in [0.717, 1.165) is 49.6 Å². The Labute approximate surface area is 260 Å². The summed E-state index contributed by atoms with van der Waals surface area (Å²) >= 11 is 6.01. The van der Waals surface area contributed by atoms with E-state index in [4.69, 9.17) is 36.1 Å². The fraction of sp³-hybridized carbons (Fsp3) is 0.483. The van der Waals surface area contributed by atoms with Gasteiger partial charge in [0.05, 0.1) is 5.60 Å². The molecule has 0 bridgehead atoms. The van der Waals surface area contributed by atoms with E-state index in [-0.39, 0.29) is 11.5 Å². The number of ether oxygens (including phenoxy) is 1. The van der Waals surface area contributed by atoms with Gasteiger partial charge in [-0.25, -0.2) is 9.59 Å². The number of carboxylic acid groups (broad SMARTS) is 2. The second-order valence-electron chi connectivity index (χ2n) is 10.7. The normalized spacial score (nSPS) is 18.6. The lowest BCUT2D eigenvalue weighted by atomic mass is 9.88. The van der Waals surface area contributed by atoms with Crippen LogP contribution in [-0.2, 0) is 32.2 Å². The Morgan fingerprint density at radius 1 is 0.911 bits per heavy atom. The Morgan fingerprint density at radius 3 is 1.87 bits per heavy atom. The van der Waals surface area contributed by atoms with Crippen LogP contribution in [0.5, 0.6) is 0 Å². The minimum atomic E-state index is -5.08. The van der Waals surface area contributed by atoms with Gasteiger partial charge in [-0.3, -0.25) is 9.69 Å². The van der Waals surface area contributed by atoms with Gasteiger partial charge in [-0.15, -0.1) is 0 Å². The van der Waals surface area contributed by atoms with Crippen molar-refractivity contribution in [2.45, 2.75) is 50.0 Å². The van der Waals surface area contributed by atoms with Crippen LogP contribution in [-0.4, -0.2) is 107 Å². The molecule has 45 heavy (non-hydrogen) atoms. The fourth-order valence-corrected chi connectivity index (χ4v) is 4.89. The van der Waals surface area contributed by atoms with Gasteiger partial charge in [0, 0.05) is 51.3 Å². The highest BCUT2D eigenvalue weighted by Gasteiger charge is 2.44. The topological polar surface area (TPSA) is 111 Å². The molecule has 250 valence electrons. The Morgan fingerprint density at radius 2 is 1.40 bits per heavy atom. The molecule has 1 unspecified atom stereocenters. The van der Waals surface area contributed by atoms with E-state index in [1.54, 1.807) is 4.90 Å². The summed E-state index contributed by atoms with van der Waals surface area (Å²) in [5, 5.41) is 15.0. The SMILES string of the molecule is CN1CC(C(=O)N(C)Cc2ccccc2)OC2(CCN(Cc3ccc(Cl)cc3)CC2)C1.O=C(O)C(F)(F)F.O=C(O)C(F)(F)F. The van der Waals surface area contributed by atoms with Gasteiger partial charge in [0.25, 0.3) is 5.91 Å². The zero-order valence-electron chi connectivity index (χ0n) is 24.4. The maximum absolute atomic E-state index is 13.2. The number of rotatable bonds is 5. The number of likely N-dealkylation sites (tertiary alicyclic amines) is 1. The molecule has 4 rings (SSSR count). The predicted molar refractivity (Wildman–Crippen MR) is 151 cm³/mol. The molecule has 2 aromatic rings. The zero-order chi connectivity index (χ0) is 34.0. The number of alkyl halides is 6. The number of hydrogen-bond acceptors (Lipinski definition) is 6. The van der Waals surface area contributed by atoms with Crippen LogP contribution in [0.25, 0.3) is 0 Å². The first kappa shape index (κ1) is 37.8. The van der Waals surface area contributed by atoms with Crippen LogP contribution in [0, 0.1) is 0 Å². The van der Waals surface area contributed by atoms with E-state index >= 15 is 0 Å². The molecule has 9 nitrogen and oxygen atoms in total. The van der Waals surface area contributed by atoms with Crippen LogP contribution in [0.1, 0.15) is 24.0 Å². The molecule has 2 N–H and O–H groups in total. The van der Waals surface area contributed by atoms with Gasteiger partial charge in [0.2, 0.25) is 0 Å². The highest BCUT2D eigenvalue weighted by molar-refractivity contribution is 6.30. The molecule has 2 aromatic carbocycles. The molecule has 2 aliphatic heterocycles. The van der Waals surface area contributed by atoms with Crippen molar-refractivity contribution >= 4 is 29.4 Å². The quantitative estimate of drug-likeness (QED) is 0.432. The Hall–Kier alpha value is -3.40. The second kappa shape index (κ2) is 16.2. The summed E-state index contributed by atoms with van der Waals surface area (Å²) in [6.07, 6.45) is -8.69. The zero-order valence-corrected chi connectivity index (χ0v) is 25.2. The maximum Gasteiger partial charge on any atom is 0.490 e. The van der Waals surface area contributed by atoms with Crippen molar-refractivity contribution in [1.29, 1.82) is 0 Å². The molecule has 2 saturated heterocycles. The van der Waals surface area contributed by atoms with Crippen molar-refractivity contribution < 1.29 is 55.7 Å². The molecule has 16 heteroatoms. The molecule has 2 aliphatic rings. The van der Waals surface area contributed by atoms with Gasteiger partial charge in [-0.2, -0.15) is 26.3 Å². The first-order chi connectivity index (χ1) is 20.8. The van der Waals surface area contributed by atoms with Crippen LogP contribution in [0.3, 0.4) is 0 Å². The molecule has 0 aromatic heterocycles. The van der Waals surface area contributed by atoms with E-state index in [2.05, 4.69) is 41.1 Å². The van der Waals surface area contributed by atoms with Crippen molar-refractivity contribution in [1.82, 2.24) is 14.7 Å². The number of piperidine rings is 1. The van der Waals surface area contributed by atoms with Gasteiger partial charge in [0.1, 0.15) is 6.10 Å². The van der Waals surface area contributed by atoms with Gasteiger partial charge < -0.3 is 24.7 Å². The number of likely N-dealkylation sites (N-methyl/N-ethyl adjacent to an activating group) is 2. The Bertz CT molecular complexity index is 1230. The molecule has 1 spiro atoms. The summed E-state index contributed by atoms with van der Waals surface area (Å²) in [7, 11) is 3.97. The highest BCUT2D eigenvalue weighted by Crippen LogP contribution is 2.33. The van der Waals surface area contributed by atoms with Crippen molar-refractivity contribution in [2.24, 2.45) is 0 Å². The lowest BCUT2D eigenvalue weighted by Gasteiger charge is -2.49. The number of hydrogen-bond donors (Lipinski definition) is 2. The van der Waals surface area contributed by atoms with Crippen LogP contribution in [0.15, 0.2) is 54.6 Å². The van der Waals surface area contributed by atoms with E-state index in [1.807, 2.05) is 37.4 Å². The van der Waals surface area contributed by atoms with Gasteiger partial charge in [-0.05, 0) is 43.1 Å². The lowest BCUT2D eigenvalue weighted by molar-refractivity contribution is -0.193. The number of carbonyl (C=O) groups is 3. The molecule has 2 heterocycles. The number of carbonyl (C=O) groups excluding carboxylic acids is 1. The third kappa shape index (κ3) is 12.9. The second-order valence-corrected chi connectivity index (χ2v) is 11.1. The standard InChI is InChI=1S/C25H32ClN3O2.2C2HF3O2/c1-27-18-23(24(30)28(2)16-20-6-4-3-5-7-20)31-25(19-27)12-14-29(15-13-25)17-21-8-10-22(26)11-9-21;2*3-2(4,5)1(6)7/h3-11,23H,12-19H2,1-2H3;2*(H,6,7). The third-order valence-electron chi connectivity index (χ3n) is 6.91. The monoisotopic (exact) mass is 669 g/mol. The summed E-state index contributed by atoms with van der Waals surface area (Å²) in [5.74, 6) is -5.45. The lowest BCUT2D eigenvalue weighted by Crippen LogP contribution is -2.61. The number of benzene rings is 2. The number of aliphatic carboxylic acids is 2. The third-order valence-corrected chi connectivity index (χ3v) is 7.17. The molecular weight excluding hydrogens is 636 g/mol. The minimum Gasteiger partial charge on any atom is -0.475 e. The fourth-order valence-electron chi connectivity index (χ4n) is 4.77. The highest BCUT2D eigenvalue weighted by atomic mass is 35.5. The number of amides is 1. The Balaban J connectivity index is 0.000000421. The summed E-state index contributed by atoms with van der Waals surface area (Å²) in [4.78, 5) is 37.5. The molecule has 0 saturated carbocycles. The molecule has 2 fully saturated rings. The van der Waals surface area contributed by atoms with Crippen molar-refractivity contribution in [3.63, 3.8) is 0 Å². The van der Waals surface area contributed by atoms with Crippen molar-refractivity contribution in [2.75, 3.05) is 40.3 Å².